The first-order chi connectivity index (χ1) is 18.0. The second kappa shape index (κ2) is 14.0. The number of benzene rings is 3. The molecule has 9 heteroatoms. The molecule has 37 heavy (non-hydrogen) atoms. The second-order valence-electron chi connectivity index (χ2n) is 8.12. The zero-order chi connectivity index (χ0) is 26.5. The van der Waals surface area contributed by atoms with Crippen molar-refractivity contribution < 1.29 is 38.7 Å². The number of hydrogen-bond donors (Lipinski definition) is 3. The summed E-state index contributed by atoms with van der Waals surface area (Å²) in [6.45, 7) is 2.95. The van der Waals surface area contributed by atoms with Gasteiger partial charge in [-0.2, -0.15) is 0 Å². The fourth-order valence-corrected chi connectivity index (χ4v) is 3.83. The molecule has 1 fully saturated rings. The number of carbonyl (C=O) groups is 2. The molecule has 3 aromatic rings. The van der Waals surface area contributed by atoms with Crippen LogP contribution in [0, 0.1) is 0 Å². The fourth-order valence-electron chi connectivity index (χ4n) is 3.83. The highest BCUT2D eigenvalue weighted by molar-refractivity contribution is 6.27. The van der Waals surface area contributed by atoms with Gasteiger partial charge in [0, 0.05) is 13.1 Å². The molecule has 1 heterocycles. The minimum atomic E-state index is -1.82. The van der Waals surface area contributed by atoms with Crippen molar-refractivity contribution in [3.63, 3.8) is 0 Å². The van der Waals surface area contributed by atoms with Crippen LogP contribution in [0.5, 0.6) is 11.5 Å². The number of hydrogen-bond acceptors (Lipinski definition) is 7. The van der Waals surface area contributed by atoms with E-state index in [9.17, 15) is 0 Å². The molecule has 0 bridgehead atoms. The van der Waals surface area contributed by atoms with Crippen LogP contribution in [-0.2, 0) is 24.7 Å². The Hall–Kier alpha value is -3.92. The predicted octanol–water partition coefficient (Wildman–Crippen LogP) is 3.18. The number of para-hydroxylation sites is 2. The third-order valence-corrected chi connectivity index (χ3v) is 5.68. The molecule has 196 valence electrons. The van der Waals surface area contributed by atoms with E-state index in [1.165, 1.54) is 0 Å². The van der Waals surface area contributed by atoms with Gasteiger partial charge in [0.15, 0.2) is 11.5 Å². The summed E-state index contributed by atoms with van der Waals surface area (Å²) in [5, 5.41) is 18.2. The van der Waals surface area contributed by atoms with Crippen LogP contribution >= 0.6 is 0 Å². The summed E-state index contributed by atoms with van der Waals surface area (Å²) in [4.78, 5) is 18.2. The normalized spacial score (nSPS) is 16.1. The van der Waals surface area contributed by atoms with E-state index in [1.807, 2.05) is 60.7 Å². The summed E-state index contributed by atoms with van der Waals surface area (Å²) < 4.78 is 23.9. The number of carboxylic acids is 2. The molecule has 1 atom stereocenters. The highest BCUT2D eigenvalue weighted by atomic mass is 16.6. The van der Waals surface area contributed by atoms with Crippen molar-refractivity contribution in [3.05, 3.63) is 96.1 Å². The average Bonchev–Trinajstić information content (AvgIpc) is 2.94. The fraction of sp³-hybridized carbons (Fsp3) is 0.286. The second-order valence-corrected chi connectivity index (χ2v) is 8.12. The van der Waals surface area contributed by atoms with E-state index < -0.39 is 17.5 Å². The van der Waals surface area contributed by atoms with Crippen LogP contribution in [0.4, 0.5) is 0 Å². The zero-order valence-corrected chi connectivity index (χ0v) is 20.5. The van der Waals surface area contributed by atoms with Crippen LogP contribution in [0.3, 0.4) is 0 Å². The van der Waals surface area contributed by atoms with Crippen molar-refractivity contribution in [2.24, 2.45) is 0 Å². The molecule has 0 saturated carbocycles. The van der Waals surface area contributed by atoms with E-state index in [4.69, 9.17) is 38.7 Å². The quantitative estimate of drug-likeness (QED) is 0.295. The molecule has 4 rings (SSSR count). The van der Waals surface area contributed by atoms with Crippen molar-refractivity contribution in [2.45, 2.75) is 11.7 Å². The molecule has 3 aromatic carbocycles. The summed E-state index contributed by atoms with van der Waals surface area (Å²) in [5.41, 5.74) is 1.64. The highest BCUT2D eigenvalue weighted by Crippen LogP contribution is 2.37. The van der Waals surface area contributed by atoms with Crippen molar-refractivity contribution >= 4 is 11.9 Å². The van der Waals surface area contributed by atoms with E-state index in [0.717, 1.165) is 22.6 Å². The highest BCUT2D eigenvalue weighted by Gasteiger charge is 2.40. The predicted molar refractivity (Wildman–Crippen MR) is 136 cm³/mol. The zero-order valence-electron chi connectivity index (χ0n) is 20.5. The maximum Gasteiger partial charge on any atom is 0.414 e. The first-order valence-corrected chi connectivity index (χ1v) is 11.8. The van der Waals surface area contributed by atoms with Gasteiger partial charge in [-0.1, -0.05) is 72.8 Å². The lowest BCUT2D eigenvalue weighted by atomic mass is 9.86. The Morgan fingerprint density at radius 1 is 0.892 bits per heavy atom. The van der Waals surface area contributed by atoms with Crippen LogP contribution in [-0.4, -0.2) is 68.3 Å². The van der Waals surface area contributed by atoms with Gasteiger partial charge in [-0.25, -0.2) is 9.59 Å². The molecule has 1 aliphatic rings. The molecule has 0 spiro atoms. The van der Waals surface area contributed by atoms with Crippen molar-refractivity contribution in [1.29, 1.82) is 0 Å². The number of methoxy groups -OCH3 is 1. The molecule has 0 radical (unpaired) electrons. The summed E-state index contributed by atoms with van der Waals surface area (Å²) in [7, 11) is 1.64. The third kappa shape index (κ3) is 7.78. The van der Waals surface area contributed by atoms with E-state index in [1.54, 1.807) is 7.11 Å². The first-order valence-electron chi connectivity index (χ1n) is 11.8. The Morgan fingerprint density at radius 3 is 1.92 bits per heavy atom. The summed E-state index contributed by atoms with van der Waals surface area (Å²) in [5.74, 6) is -2.16. The van der Waals surface area contributed by atoms with Crippen LogP contribution in [0.1, 0.15) is 11.1 Å². The van der Waals surface area contributed by atoms with Crippen molar-refractivity contribution in [2.75, 3.05) is 40.0 Å². The van der Waals surface area contributed by atoms with Crippen LogP contribution in [0.25, 0.3) is 0 Å². The van der Waals surface area contributed by atoms with Gasteiger partial charge >= 0.3 is 11.9 Å². The molecule has 0 aromatic heterocycles. The van der Waals surface area contributed by atoms with Crippen LogP contribution in [0.15, 0.2) is 84.9 Å². The van der Waals surface area contributed by atoms with Gasteiger partial charge in [0.1, 0.15) is 12.2 Å². The third-order valence-electron chi connectivity index (χ3n) is 5.68. The lowest BCUT2D eigenvalue weighted by Gasteiger charge is -2.41. The summed E-state index contributed by atoms with van der Waals surface area (Å²) in [6.07, 6.45) is -0.00758. The van der Waals surface area contributed by atoms with E-state index in [-0.39, 0.29) is 6.10 Å². The largest absolute Gasteiger partial charge is 0.493 e. The Labute approximate surface area is 215 Å². The van der Waals surface area contributed by atoms with Gasteiger partial charge in [-0.3, -0.25) is 0 Å². The minimum absolute atomic E-state index is 0.00758. The smallest absolute Gasteiger partial charge is 0.414 e. The molecule has 9 nitrogen and oxygen atoms in total. The van der Waals surface area contributed by atoms with Gasteiger partial charge < -0.3 is 34.5 Å². The number of ether oxygens (including phenoxy) is 4. The standard InChI is InChI=1S/C26H29NO4.C2H2O4/c1-28-24-14-8-9-15-25(24)29-17-16-27-18-23-19-31-26(20-30-23,21-10-4-2-5-11-21)22-12-6-3-7-13-22;3-1(4)2(5)6/h2-15,23,27H,16-20H2,1H3;(H,3,4)(H,5,6). The number of nitrogens with one attached hydrogen (secondary N) is 1. The Kier molecular flexibility index (Phi) is 10.5. The number of aliphatic carboxylic acids is 2. The maximum absolute atomic E-state index is 9.10. The van der Waals surface area contributed by atoms with Crippen molar-refractivity contribution in [3.8, 4) is 11.5 Å². The van der Waals surface area contributed by atoms with Crippen LogP contribution in [0.2, 0.25) is 0 Å². The summed E-state index contributed by atoms with van der Waals surface area (Å²) >= 11 is 0. The van der Waals surface area contributed by atoms with Gasteiger partial charge in [0.25, 0.3) is 0 Å². The number of carboxylic acid groups (broad SMARTS) is 2. The molecular formula is C28H31NO8. The van der Waals surface area contributed by atoms with Gasteiger partial charge in [0.05, 0.1) is 26.4 Å². The van der Waals surface area contributed by atoms with Crippen molar-refractivity contribution in [1.82, 2.24) is 5.32 Å². The molecular weight excluding hydrogens is 478 g/mol. The topological polar surface area (TPSA) is 124 Å². The lowest BCUT2D eigenvalue weighted by molar-refractivity contribution is -0.175. The molecule has 1 aliphatic heterocycles. The summed E-state index contributed by atoms with van der Waals surface area (Å²) in [6, 6.07) is 28.3. The molecule has 0 amide bonds. The minimum Gasteiger partial charge on any atom is -0.493 e. The molecule has 3 N–H and O–H groups in total. The van der Waals surface area contributed by atoms with Gasteiger partial charge in [-0.15, -0.1) is 0 Å². The maximum atomic E-state index is 9.10. The Morgan fingerprint density at radius 2 is 1.43 bits per heavy atom. The van der Waals surface area contributed by atoms with Crippen LogP contribution < -0.4 is 14.8 Å². The molecule has 0 aliphatic carbocycles. The van der Waals surface area contributed by atoms with E-state index in [2.05, 4.69) is 29.6 Å². The Balaban J connectivity index is 0.000000568. The lowest BCUT2D eigenvalue weighted by Crippen LogP contribution is -2.48. The van der Waals surface area contributed by atoms with E-state index in [0.29, 0.717) is 32.9 Å². The first kappa shape index (κ1) is 27.7. The Bertz CT molecular complexity index is 1060. The molecule has 1 saturated heterocycles. The SMILES string of the molecule is COc1ccccc1OCCNCC1COC(c2ccccc2)(c2ccccc2)CO1.O=C(O)C(=O)O. The molecule has 1 unspecified atom stereocenters. The van der Waals surface area contributed by atoms with Gasteiger partial charge in [-0.05, 0) is 23.3 Å². The van der Waals surface area contributed by atoms with Gasteiger partial charge in [0.2, 0.25) is 0 Å². The monoisotopic (exact) mass is 509 g/mol. The average molecular weight is 510 g/mol. The van der Waals surface area contributed by atoms with E-state index >= 15 is 0 Å². The number of rotatable bonds is 9.